The topological polar surface area (TPSA) is 65.0 Å². The summed E-state index contributed by atoms with van der Waals surface area (Å²) in [6.07, 6.45) is 0. The number of para-hydroxylation sites is 4. The van der Waals surface area contributed by atoms with Gasteiger partial charge in [0.25, 0.3) is 0 Å². The maximum Gasteiger partial charge on any atom is 0.167 e. The Morgan fingerprint density at radius 3 is 1.37 bits per heavy atom. The van der Waals surface area contributed by atoms with Crippen LogP contribution in [0, 0.1) is 0 Å². The standard InChI is InChI=1S/C49H29N3O2/c1-3-14-30(15-4-1)33-21-11-18-32-28-29-34(31-16-5-2-6-17-31)44(43(32)33)49-51-47(39-24-12-22-37-35-19-7-9-26-41(35)53-45(37)39)50-48(52-49)40-25-13-23-38-36-20-8-10-27-42(36)54-46(38)40/h1-29H. The van der Waals surface area contributed by atoms with Crippen molar-refractivity contribution in [1.82, 2.24) is 15.0 Å². The van der Waals surface area contributed by atoms with Gasteiger partial charge in [-0.2, -0.15) is 0 Å². The summed E-state index contributed by atoms with van der Waals surface area (Å²) in [7, 11) is 0. The fraction of sp³-hybridized carbons (Fsp3) is 0. The van der Waals surface area contributed by atoms with Crippen molar-refractivity contribution < 1.29 is 8.83 Å². The van der Waals surface area contributed by atoms with Gasteiger partial charge in [-0.3, -0.25) is 0 Å². The zero-order valence-electron chi connectivity index (χ0n) is 28.9. The largest absolute Gasteiger partial charge is 0.455 e. The van der Waals surface area contributed by atoms with Gasteiger partial charge in [0.15, 0.2) is 17.5 Å². The molecular formula is C49H29N3O2. The Balaban J connectivity index is 1.28. The third kappa shape index (κ3) is 4.76. The highest BCUT2D eigenvalue weighted by Gasteiger charge is 2.24. The van der Waals surface area contributed by atoms with Crippen LogP contribution >= 0.6 is 0 Å². The van der Waals surface area contributed by atoms with Gasteiger partial charge in [0.05, 0.1) is 11.1 Å². The van der Waals surface area contributed by atoms with Crippen LogP contribution in [-0.2, 0) is 0 Å². The van der Waals surface area contributed by atoms with E-state index in [2.05, 4.69) is 103 Å². The smallest absolute Gasteiger partial charge is 0.167 e. The first kappa shape index (κ1) is 30.3. The maximum atomic E-state index is 6.56. The Labute approximate surface area is 309 Å². The molecule has 11 rings (SSSR count). The van der Waals surface area contributed by atoms with Crippen molar-refractivity contribution in [3.05, 3.63) is 176 Å². The van der Waals surface area contributed by atoms with Gasteiger partial charge in [-0.15, -0.1) is 0 Å². The minimum atomic E-state index is 0.515. The molecule has 252 valence electrons. The number of rotatable bonds is 5. The van der Waals surface area contributed by atoms with Crippen LogP contribution in [0.25, 0.3) is 111 Å². The number of benzene rings is 8. The summed E-state index contributed by atoms with van der Waals surface area (Å²) in [5.74, 6) is 1.59. The zero-order valence-corrected chi connectivity index (χ0v) is 28.9. The molecule has 3 heterocycles. The number of hydrogen-bond acceptors (Lipinski definition) is 5. The maximum absolute atomic E-state index is 6.56. The molecule has 0 aliphatic rings. The Hall–Kier alpha value is -7.37. The normalized spacial score (nSPS) is 11.7. The van der Waals surface area contributed by atoms with Crippen molar-refractivity contribution in [3.63, 3.8) is 0 Å². The molecule has 3 aromatic heterocycles. The molecule has 54 heavy (non-hydrogen) atoms. The lowest BCUT2D eigenvalue weighted by molar-refractivity contribution is 0.669. The first-order valence-electron chi connectivity index (χ1n) is 18.0. The van der Waals surface area contributed by atoms with Gasteiger partial charge < -0.3 is 8.83 Å². The van der Waals surface area contributed by atoms with Gasteiger partial charge in [0.1, 0.15) is 22.3 Å². The average molecular weight is 692 g/mol. The summed E-state index contributed by atoms with van der Waals surface area (Å²) in [5, 5.41) is 6.26. The van der Waals surface area contributed by atoms with Gasteiger partial charge >= 0.3 is 0 Å². The summed E-state index contributed by atoms with van der Waals surface area (Å²) < 4.78 is 13.1. The molecule has 0 N–H and O–H groups in total. The number of nitrogens with zero attached hydrogens (tertiary/aromatic N) is 3. The Kier molecular flexibility index (Phi) is 6.79. The molecule has 0 saturated carbocycles. The van der Waals surface area contributed by atoms with Crippen molar-refractivity contribution in [2.75, 3.05) is 0 Å². The van der Waals surface area contributed by atoms with Crippen LogP contribution in [0.5, 0.6) is 0 Å². The number of hydrogen-bond donors (Lipinski definition) is 0. The van der Waals surface area contributed by atoms with Crippen LogP contribution in [0.4, 0.5) is 0 Å². The second-order valence-electron chi connectivity index (χ2n) is 13.5. The van der Waals surface area contributed by atoms with Crippen LogP contribution in [0.3, 0.4) is 0 Å². The van der Waals surface area contributed by atoms with Crippen molar-refractivity contribution in [2.24, 2.45) is 0 Å². The van der Waals surface area contributed by atoms with Crippen molar-refractivity contribution in [3.8, 4) is 56.4 Å². The molecule has 0 fully saturated rings. The first-order chi connectivity index (χ1) is 26.8. The third-order valence-corrected chi connectivity index (χ3v) is 10.4. The summed E-state index contributed by atoms with van der Waals surface area (Å²) in [5.41, 5.74) is 9.90. The summed E-state index contributed by atoms with van der Waals surface area (Å²) in [6, 6.07) is 60.4. The van der Waals surface area contributed by atoms with Crippen LogP contribution in [0.2, 0.25) is 0 Å². The van der Waals surface area contributed by atoms with Gasteiger partial charge in [0.2, 0.25) is 0 Å². The van der Waals surface area contributed by atoms with E-state index in [1.807, 2.05) is 72.8 Å². The molecule has 0 radical (unpaired) electrons. The fourth-order valence-electron chi connectivity index (χ4n) is 7.90. The summed E-state index contributed by atoms with van der Waals surface area (Å²) in [6.45, 7) is 0. The molecule has 0 spiro atoms. The van der Waals surface area contributed by atoms with E-state index in [-0.39, 0.29) is 0 Å². The van der Waals surface area contributed by atoms with E-state index in [0.29, 0.717) is 17.5 Å². The molecule has 0 aliphatic heterocycles. The predicted molar refractivity (Wildman–Crippen MR) is 219 cm³/mol. The van der Waals surface area contributed by atoms with Crippen LogP contribution in [0.15, 0.2) is 185 Å². The van der Waals surface area contributed by atoms with Crippen LogP contribution in [0.1, 0.15) is 0 Å². The third-order valence-electron chi connectivity index (χ3n) is 10.4. The number of furan rings is 2. The molecule has 0 aliphatic carbocycles. The monoisotopic (exact) mass is 691 g/mol. The van der Waals surface area contributed by atoms with Crippen LogP contribution < -0.4 is 0 Å². The highest BCUT2D eigenvalue weighted by molar-refractivity contribution is 6.12. The number of fused-ring (bicyclic) bond motifs is 7. The van der Waals surface area contributed by atoms with E-state index >= 15 is 0 Å². The first-order valence-corrected chi connectivity index (χ1v) is 18.0. The predicted octanol–water partition coefficient (Wildman–Crippen LogP) is 13.2. The minimum Gasteiger partial charge on any atom is -0.455 e. The zero-order chi connectivity index (χ0) is 35.6. The Bertz CT molecular complexity index is 3090. The van der Waals surface area contributed by atoms with E-state index in [0.717, 1.165) is 93.6 Å². The van der Waals surface area contributed by atoms with E-state index < -0.39 is 0 Å². The minimum absolute atomic E-state index is 0.515. The molecule has 0 unspecified atom stereocenters. The van der Waals surface area contributed by atoms with Crippen LogP contribution in [-0.4, -0.2) is 15.0 Å². The molecule has 0 amide bonds. The molecule has 5 nitrogen and oxygen atoms in total. The molecule has 5 heteroatoms. The lowest BCUT2D eigenvalue weighted by atomic mass is 9.89. The summed E-state index contributed by atoms with van der Waals surface area (Å²) in [4.78, 5) is 16.1. The molecule has 0 bridgehead atoms. The second-order valence-corrected chi connectivity index (χ2v) is 13.5. The average Bonchev–Trinajstić information content (AvgIpc) is 3.82. The van der Waals surface area contributed by atoms with E-state index in [1.54, 1.807) is 0 Å². The number of aromatic nitrogens is 3. The van der Waals surface area contributed by atoms with Gasteiger partial charge in [-0.05, 0) is 51.9 Å². The molecule has 0 saturated heterocycles. The lowest BCUT2D eigenvalue weighted by Gasteiger charge is -2.17. The highest BCUT2D eigenvalue weighted by atomic mass is 16.3. The van der Waals surface area contributed by atoms with E-state index in [4.69, 9.17) is 23.8 Å². The van der Waals surface area contributed by atoms with Gasteiger partial charge in [-0.1, -0.05) is 152 Å². The quantitative estimate of drug-likeness (QED) is 0.180. The van der Waals surface area contributed by atoms with Crippen molar-refractivity contribution >= 4 is 54.6 Å². The molecule has 11 aromatic rings. The van der Waals surface area contributed by atoms with Crippen molar-refractivity contribution in [1.29, 1.82) is 0 Å². The highest BCUT2D eigenvalue weighted by Crippen LogP contribution is 2.44. The van der Waals surface area contributed by atoms with Crippen molar-refractivity contribution in [2.45, 2.75) is 0 Å². The second kappa shape index (κ2) is 12.1. The Morgan fingerprint density at radius 1 is 0.315 bits per heavy atom. The lowest BCUT2D eigenvalue weighted by Crippen LogP contribution is -2.02. The van der Waals surface area contributed by atoms with E-state index in [9.17, 15) is 0 Å². The summed E-state index contributed by atoms with van der Waals surface area (Å²) >= 11 is 0. The van der Waals surface area contributed by atoms with E-state index in [1.165, 1.54) is 0 Å². The molecular weight excluding hydrogens is 663 g/mol. The SMILES string of the molecule is c1ccc(-c2ccc3cccc(-c4ccccc4)c3c2-c2nc(-c3cccc4c3oc3ccccc34)nc(-c3cccc4c3oc3ccccc34)n2)cc1. The fourth-order valence-corrected chi connectivity index (χ4v) is 7.90. The van der Waals surface area contributed by atoms with Gasteiger partial charge in [0, 0.05) is 32.5 Å². The van der Waals surface area contributed by atoms with Gasteiger partial charge in [-0.25, -0.2) is 15.0 Å². The Morgan fingerprint density at radius 2 is 0.778 bits per heavy atom. The molecule has 0 atom stereocenters. The molecule has 8 aromatic carbocycles.